The summed E-state index contributed by atoms with van der Waals surface area (Å²) in [5.74, 6) is 0.611. The number of aliphatic hydroxyl groups is 1. The van der Waals surface area contributed by atoms with Crippen LogP contribution in [0.5, 0.6) is 5.75 Å². The molecule has 0 aliphatic heterocycles. The van der Waals surface area contributed by atoms with Gasteiger partial charge in [0.2, 0.25) is 0 Å². The van der Waals surface area contributed by atoms with Crippen LogP contribution in [-0.4, -0.2) is 47.5 Å². The van der Waals surface area contributed by atoms with E-state index < -0.39 is 6.10 Å². The fraction of sp³-hybridized carbons (Fsp3) is 0.400. The highest BCUT2D eigenvalue weighted by atomic mass is 127. The quantitative estimate of drug-likeness (QED) is 0.754. The summed E-state index contributed by atoms with van der Waals surface area (Å²) >= 11 is 2.24. The van der Waals surface area contributed by atoms with Crippen molar-refractivity contribution in [3.05, 3.63) is 45.3 Å². The molecule has 1 atom stereocenters. The first kappa shape index (κ1) is 16.3. The first-order valence-corrected chi connectivity index (χ1v) is 7.78. The van der Waals surface area contributed by atoms with Crippen LogP contribution in [0.1, 0.15) is 17.4 Å². The number of nitrogens with zero attached hydrogens (tertiary/aromatic N) is 3. The molecular weight excluding hydrogens is 381 g/mol. The number of halogens is 1. The maximum absolute atomic E-state index is 10.7. The molecule has 0 aliphatic rings. The zero-order valence-electron chi connectivity index (χ0n) is 12.5. The van der Waals surface area contributed by atoms with Crippen molar-refractivity contribution >= 4 is 22.6 Å². The van der Waals surface area contributed by atoms with Gasteiger partial charge in [-0.2, -0.15) is 5.10 Å². The number of rotatable bonds is 6. The van der Waals surface area contributed by atoms with E-state index >= 15 is 0 Å². The Bertz CT molecular complexity index is 598. The Morgan fingerprint density at radius 1 is 1.43 bits per heavy atom. The number of ether oxygens (including phenoxy) is 1. The van der Waals surface area contributed by atoms with Gasteiger partial charge in [-0.3, -0.25) is 4.68 Å². The van der Waals surface area contributed by atoms with E-state index in [9.17, 15) is 5.11 Å². The number of methoxy groups -OCH3 is 1. The molecule has 1 N–H and O–H groups in total. The van der Waals surface area contributed by atoms with Crippen LogP contribution < -0.4 is 4.74 Å². The van der Waals surface area contributed by atoms with Gasteiger partial charge in [-0.25, -0.2) is 0 Å². The van der Waals surface area contributed by atoms with Crippen molar-refractivity contribution in [2.75, 3.05) is 27.7 Å². The summed E-state index contributed by atoms with van der Waals surface area (Å²) in [5, 5.41) is 15.0. The van der Waals surface area contributed by atoms with Gasteiger partial charge in [0, 0.05) is 10.1 Å². The minimum atomic E-state index is -0.751. The van der Waals surface area contributed by atoms with E-state index in [0.29, 0.717) is 18.0 Å². The average Bonchev–Trinajstić information content (AvgIpc) is 2.87. The predicted octanol–water partition coefficient (Wildman–Crippen LogP) is 2.14. The third-order valence-electron chi connectivity index (χ3n) is 3.25. The number of hydrogen-bond acceptors (Lipinski definition) is 4. The van der Waals surface area contributed by atoms with E-state index in [2.05, 4.69) is 32.6 Å². The molecule has 6 heteroatoms. The van der Waals surface area contributed by atoms with Crippen molar-refractivity contribution in [2.45, 2.75) is 12.6 Å². The van der Waals surface area contributed by atoms with Crippen molar-refractivity contribution in [3.8, 4) is 5.75 Å². The van der Waals surface area contributed by atoms with Crippen molar-refractivity contribution < 1.29 is 9.84 Å². The lowest BCUT2D eigenvalue weighted by Gasteiger charge is -2.17. The molecular formula is C15H20IN3O2. The molecule has 1 aromatic carbocycles. The molecule has 1 aromatic heterocycles. The van der Waals surface area contributed by atoms with Crippen molar-refractivity contribution in [1.29, 1.82) is 0 Å². The van der Waals surface area contributed by atoms with Crippen LogP contribution in [0, 0.1) is 3.57 Å². The van der Waals surface area contributed by atoms with Crippen molar-refractivity contribution in [1.82, 2.24) is 14.7 Å². The molecule has 1 unspecified atom stereocenters. The Morgan fingerprint density at radius 2 is 2.19 bits per heavy atom. The van der Waals surface area contributed by atoms with Crippen LogP contribution >= 0.6 is 22.6 Å². The molecule has 0 saturated carbocycles. The third kappa shape index (κ3) is 3.96. The number of hydrogen-bond donors (Lipinski definition) is 1. The van der Waals surface area contributed by atoms with Crippen molar-refractivity contribution in [3.63, 3.8) is 0 Å². The highest BCUT2D eigenvalue weighted by Crippen LogP contribution is 2.30. The molecule has 5 nitrogen and oxygen atoms in total. The molecule has 114 valence electrons. The summed E-state index contributed by atoms with van der Waals surface area (Å²) in [6.07, 6.45) is 0.904. The molecule has 0 bridgehead atoms. The molecule has 21 heavy (non-hydrogen) atoms. The monoisotopic (exact) mass is 401 g/mol. The zero-order valence-corrected chi connectivity index (χ0v) is 14.6. The summed E-state index contributed by atoms with van der Waals surface area (Å²) in [6.45, 7) is 1.55. The number of likely N-dealkylation sites (N-methyl/N-ethyl adjacent to an activating group) is 1. The van der Waals surface area contributed by atoms with Gasteiger partial charge in [-0.1, -0.05) is 12.1 Å². The van der Waals surface area contributed by atoms with E-state index in [4.69, 9.17) is 4.74 Å². The van der Waals surface area contributed by atoms with E-state index in [1.165, 1.54) is 0 Å². The molecule has 0 radical (unpaired) electrons. The zero-order chi connectivity index (χ0) is 15.4. The third-order valence-corrected chi connectivity index (χ3v) is 3.92. The second-order valence-electron chi connectivity index (χ2n) is 5.08. The fourth-order valence-electron chi connectivity index (χ4n) is 2.12. The average molecular weight is 401 g/mol. The second-order valence-corrected chi connectivity index (χ2v) is 6.33. The summed E-state index contributed by atoms with van der Waals surface area (Å²) in [4.78, 5) is 2.08. The molecule has 2 rings (SSSR count). The van der Waals surface area contributed by atoms with Crippen LogP contribution in [0.25, 0.3) is 0 Å². The number of benzene rings is 1. The van der Waals surface area contributed by atoms with E-state index in [0.717, 1.165) is 15.7 Å². The van der Waals surface area contributed by atoms with E-state index in [-0.39, 0.29) is 0 Å². The molecule has 0 amide bonds. The normalized spacial score (nSPS) is 12.7. The number of aliphatic hydroxyl groups excluding tert-OH is 1. The Hall–Kier alpha value is -1.12. The van der Waals surface area contributed by atoms with E-state index in [1.54, 1.807) is 13.3 Å². The summed E-state index contributed by atoms with van der Waals surface area (Å²) < 4.78 is 8.24. The van der Waals surface area contributed by atoms with Gasteiger partial charge >= 0.3 is 0 Å². The van der Waals surface area contributed by atoms with Gasteiger partial charge in [0.25, 0.3) is 0 Å². The minimum absolute atomic E-state index is 0.611. The molecule has 2 aromatic rings. The highest BCUT2D eigenvalue weighted by molar-refractivity contribution is 14.1. The van der Waals surface area contributed by atoms with Gasteiger partial charge in [0.15, 0.2) is 5.75 Å². The summed E-state index contributed by atoms with van der Waals surface area (Å²) in [6, 6.07) is 7.81. The minimum Gasteiger partial charge on any atom is -0.493 e. The molecule has 1 heterocycles. The van der Waals surface area contributed by atoms with Crippen LogP contribution in [0.4, 0.5) is 0 Å². The molecule has 0 spiro atoms. The molecule has 0 aliphatic carbocycles. The van der Waals surface area contributed by atoms with Gasteiger partial charge in [-0.15, -0.1) is 0 Å². The first-order valence-electron chi connectivity index (χ1n) is 6.71. The predicted molar refractivity (Wildman–Crippen MR) is 90.6 cm³/mol. The van der Waals surface area contributed by atoms with E-state index in [1.807, 2.05) is 43.0 Å². The standard InChI is InChI=1S/C15H20IN3O2/c1-18(2)7-8-19-14(13(21-3)10-17-19)15(20)11-5-4-6-12(16)9-11/h4-6,9-10,15,20H,7-8H2,1-3H3. The lowest BCUT2D eigenvalue weighted by atomic mass is 10.1. The molecule has 0 saturated heterocycles. The van der Waals surface area contributed by atoms with Crippen LogP contribution in [-0.2, 0) is 6.54 Å². The van der Waals surface area contributed by atoms with Gasteiger partial charge in [0.1, 0.15) is 11.8 Å². The van der Waals surface area contributed by atoms with Crippen LogP contribution in [0.3, 0.4) is 0 Å². The Kier molecular flexibility index (Phi) is 5.60. The Labute approximate surface area is 138 Å². The van der Waals surface area contributed by atoms with Gasteiger partial charge in [0.05, 0.1) is 19.9 Å². The van der Waals surface area contributed by atoms with Gasteiger partial charge in [-0.05, 0) is 54.4 Å². The smallest absolute Gasteiger partial charge is 0.163 e. The lowest BCUT2D eigenvalue weighted by molar-refractivity contribution is 0.200. The molecule has 0 fully saturated rings. The SMILES string of the molecule is COc1cnn(CCN(C)C)c1C(O)c1cccc(I)c1. The largest absolute Gasteiger partial charge is 0.493 e. The van der Waals surface area contributed by atoms with Crippen molar-refractivity contribution in [2.24, 2.45) is 0 Å². The maximum Gasteiger partial charge on any atom is 0.163 e. The maximum atomic E-state index is 10.7. The topological polar surface area (TPSA) is 50.5 Å². The highest BCUT2D eigenvalue weighted by Gasteiger charge is 2.21. The summed E-state index contributed by atoms with van der Waals surface area (Å²) in [5.41, 5.74) is 1.54. The van der Waals surface area contributed by atoms with Crippen LogP contribution in [0.15, 0.2) is 30.5 Å². The lowest BCUT2D eigenvalue weighted by Crippen LogP contribution is -2.21. The van der Waals surface area contributed by atoms with Gasteiger partial charge < -0.3 is 14.7 Å². The number of aromatic nitrogens is 2. The van der Waals surface area contributed by atoms with Crippen LogP contribution in [0.2, 0.25) is 0 Å². The second kappa shape index (κ2) is 7.24. The fourth-order valence-corrected chi connectivity index (χ4v) is 2.69. The first-order chi connectivity index (χ1) is 10.0. The summed E-state index contributed by atoms with van der Waals surface area (Å²) in [7, 11) is 5.62. The Morgan fingerprint density at radius 3 is 2.81 bits per heavy atom. The Balaban J connectivity index is 2.34.